The van der Waals surface area contributed by atoms with Gasteiger partial charge >= 0.3 is 18.1 Å². The Hall–Kier alpha value is -1.32. The fraction of sp³-hybridized carbons (Fsp3) is 0.714. The maximum atomic E-state index is 11.8. The maximum absolute atomic E-state index is 11.8. The highest BCUT2D eigenvalue weighted by Crippen LogP contribution is 2.15. The van der Waals surface area contributed by atoms with Crippen molar-refractivity contribution < 1.29 is 36.3 Å². The number of halogens is 3. The van der Waals surface area contributed by atoms with E-state index in [1.54, 1.807) is 0 Å². The summed E-state index contributed by atoms with van der Waals surface area (Å²) < 4.78 is 56.9. The first kappa shape index (κ1) is 15.7. The molecular weight excluding hydrogens is 267 g/mol. The third-order valence-corrected chi connectivity index (χ3v) is 2.62. The van der Waals surface area contributed by atoms with Crippen LogP contribution in [0.25, 0.3) is 0 Å². The summed E-state index contributed by atoms with van der Waals surface area (Å²) in [7, 11) is -3.52. The van der Waals surface area contributed by atoms with E-state index in [9.17, 15) is 31.2 Å². The molecule has 0 spiro atoms. The summed E-state index contributed by atoms with van der Waals surface area (Å²) in [5.41, 5.74) is 0. The van der Waals surface area contributed by atoms with Crippen molar-refractivity contribution in [2.45, 2.75) is 18.6 Å². The molecule has 0 aromatic heterocycles. The molecule has 2 N–H and O–H groups in total. The number of carboxylic acid groups (broad SMARTS) is 1. The summed E-state index contributed by atoms with van der Waals surface area (Å²) in [5.74, 6) is -4.79. The second-order valence-corrected chi connectivity index (χ2v) is 5.54. The van der Waals surface area contributed by atoms with Crippen LogP contribution in [0, 0.1) is 0 Å². The fourth-order valence-corrected chi connectivity index (χ4v) is 1.49. The standard InChI is InChI=1S/C7H10F3NO5S/c1-17(15,16)3-2-4(5(12)13)11-6(14)7(8,9)10/h4H,2-3H2,1H3,(H,11,14)(H,12,13)/t4-/m0/s1. The van der Waals surface area contributed by atoms with E-state index >= 15 is 0 Å². The van der Waals surface area contributed by atoms with E-state index in [1.807, 2.05) is 0 Å². The van der Waals surface area contributed by atoms with Crippen molar-refractivity contribution in [3.63, 3.8) is 0 Å². The summed E-state index contributed by atoms with van der Waals surface area (Å²) in [6.07, 6.45) is -5.04. The predicted octanol–water partition coefficient (Wildman–Crippen LogP) is -0.447. The third-order valence-electron chi connectivity index (χ3n) is 1.64. The van der Waals surface area contributed by atoms with Crippen LogP contribution in [0.1, 0.15) is 6.42 Å². The molecule has 1 amide bonds. The largest absolute Gasteiger partial charge is 0.480 e. The SMILES string of the molecule is CS(=O)(=O)CC[C@H](NC(=O)C(F)(F)F)C(=O)O. The van der Waals surface area contributed by atoms with Gasteiger partial charge in [0, 0.05) is 6.26 Å². The molecule has 0 aliphatic rings. The van der Waals surface area contributed by atoms with Gasteiger partial charge in [0.2, 0.25) is 0 Å². The van der Waals surface area contributed by atoms with E-state index in [1.165, 1.54) is 5.32 Å². The van der Waals surface area contributed by atoms with Gasteiger partial charge in [-0.05, 0) is 6.42 Å². The van der Waals surface area contributed by atoms with Crippen molar-refractivity contribution in [1.82, 2.24) is 5.32 Å². The molecule has 0 heterocycles. The van der Waals surface area contributed by atoms with Gasteiger partial charge < -0.3 is 10.4 Å². The highest BCUT2D eigenvalue weighted by Gasteiger charge is 2.40. The van der Waals surface area contributed by atoms with Gasteiger partial charge in [0.05, 0.1) is 5.75 Å². The molecular formula is C7H10F3NO5S. The molecule has 0 aliphatic heterocycles. The number of carbonyl (C=O) groups excluding carboxylic acids is 1. The van der Waals surface area contributed by atoms with Crippen molar-refractivity contribution >= 4 is 21.7 Å². The summed E-state index contributed by atoms with van der Waals surface area (Å²) in [6, 6.07) is -1.89. The van der Waals surface area contributed by atoms with Crippen LogP contribution < -0.4 is 5.32 Å². The van der Waals surface area contributed by atoms with Crippen LogP contribution in [0.5, 0.6) is 0 Å². The van der Waals surface area contributed by atoms with Crippen LogP contribution in [0.15, 0.2) is 0 Å². The number of hydrogen-bond donors (Lipinski definition) is 2. The third kappa shape index (κ3) is 6.76. The number of aliphatic carboxylic acids is 1. The van der Waals surface area contributed by atoms with Crippen LogP contribution in [-0.2, 0) is 19.4 Å². The molecule has 0 fully saturated rings. The van der Waals surface area contributed by atoms with Crippen molar-refractivity contribution in [1.29, 1.82) is 0 Å². The Balaban J connectivity index is 4.57. The average Bonchev–Trinajstić information content (AvgIpc) is 2.07. The zero-order valence-electron chi connectivity index (χ0n) is 8.61. The summed E-state index contributed by atoms with van der Waals surface area (Å²) >= 11 is 0. The number of amides is 1. The van der Waals surface area contributed by atoms with Crippen LogP contribution in [-0.4, -0.2) is 49.6 Å². The van der Waals surface area contributed by atoms with Gasteiger partial charge in [0.1, 0.15) is 15.9 Å². The second-order valence-electron chi connectivity index (χ2n) is 3.28. The Morgan fingerprint density at radius 3 is 2.12 bits per heavy atom. The lowest BCUT2D eigenvalue weighted by molar-refractivity contribution is -0.175. The van der Waals surface area contributed by atoms with Gasteiger partial charge in [-0.1, -0.05) is 0 Å². The van der Waals surface area contributed by atoms with E-state index in [0.29, 0.717) is 0 Å². The van der Waals surface area contributed by atoms with Crippen LogP contribution in [0.2, 0.25) is 0 Å². The summed E-state index contributed by atoms with van der Waals surface area (Å²) in [6.45, 7) is 0. The summed E-state index contributed by atoms with van der Waals surface area (Å²) in [5, 5.41) is 9.71. The Kier molecular flexibility index (Phi) is 4.93. The predicted molar refractivity (Wildman–Crippen MR) is 49.9 cm³/mol. The number of rotatable bonds is 5. The minimum atomic E-state index is -5.21. The van der Waals surface area contributed by atoms with Crippen molar-refractivity contribution in [2.24, 2.45) is 0 Å². The molecule has 0 aliphatic carbocycles. The molecule has 0 bridgehead atoms. The zero-order chi connectivity index (χ0) is 13.9. The first-order valence-electron chi connectivity index (χ1n) is 4.21. The first-order valence-corrected chi connectivity index (χ1v) is 6.28. The molecule has 0 radical (unpaired) electrons. The van der Waals surface area contributed by atoms with Gasteiger partial charge in [0.15, 0.2) is 0 Å². The lowest BCUT2D eigenvalue weighted by Gasteiger charge is -2.14. The maximum Gasteiger partial charge on any atom is 0.471 e. The summed E-state index contributed by atoms with van der Waals surface area (Å²) in [4.78, 5) is 21.0. The Bertz CT molecular complexity index is 402. The van der Waals surface area contributed by atoms with Crippen LogP contribution >= 0.6 is 0 Å². The highest BCUT2D eigenvalue weighted by molar-refractivity contribution is 7.90. The average molecular weight is 277 g/mol. The Morgan fingerprint density at radius 2 is 1.82 bits per heavy atom. The molecule has 0 rings (SSSR count). The van der Waals surface area contributed by atoms with Gasteiger partial charge in [-0.15, -0.1) is 0 Å². The van der Waals surface area contributed by atoms with Gasteiger partial charge in [-0.3, -0.25) is 4.79 Å². The minimum absolute atomic E-state index is 0.629. The van der Waals surface area contributed by atoms with E-state index in [2.05, 4.69) is 0 Å². The minimum Gasteiger partial charge on any atom is -0.480 e. The first-order chi connectivity index (χ1) is 7.43. The fourth-order valence-electron chi connectivity index (χ4n) is 0.829. The molecule has 0 unspecified atom stereocenters. The Labute approximate surface area is 94.7 Å². The van der Waals surface area contributed by atoms with E-state index in [-0.39, 0.29) is 0 Å². The van der Waals surface area contributed by atoms with E-state index in [0.717, 1.165) is 6.26 Å². The number of hydrogen-bond acceptors (Lipinski definition) is 4. The molecule has 0 aromatic carbocycles. The molecule has 6 nitrogen and oxygen atoms in total. The van der Waals surface area contributed by atoms with Gasteiger partial charge in [-0.25, -0.2) is 13.2 Å². The number of sulfone groups is 1. The molecule has 0 saturated heterocycles. The molecule has 17 heavy (non-hydrogen) atoms. The van der Waals surface area contributed by atoms with E-state index in [4.69, 9.17) is 5.11 Å². The second kappa shape index (κ2) is 5.34. The van der Waals surface area contributed by atoms with Crippen molar-refractivity contribution in [2.75, 3.05) is 12.0 Å². The number of carboxylic acids is 1. The molecule has 100 valence electrons. The van der Waals surface area contributed by atoms with Gasteiger partial charge in [0.25, 0.3) is 0 Å². The van der Waals surface area contributed by atoms with Crippen LogP contribution in [0.4, 0.5) is 13.2 Å². The number of carbonyl (C=O) groups is 2. The van der Waals surface area contributed by atoms with Crippen molar-refractivity contribution in [3.8, 4) is 0 Å². The molecule has 0 saturated carbocycles. The number of alkyl halides is 3. The lowest BCUT2D eigenvalue weighted by Crippen LogP contribution is -2.47. The van der Waals surface area contributed by atoms with Gasteiger partial charge in [-0.2, -0.15) is 13.2 Å². The Morgan fingerprint density at radius 1 is 1.35 bits per heavy atom. The molecule has 10 heteroatoms. The quantitative estimate of drug-likeness (QED) is 0.709. The normalized spacial score (nSPS) is 14.1. The topological polar surface area (TPSA) is 101 Å². The lowest BCUT2D eigenvalue weighted by atomic mass is 10.2. The smallest absolute Gasteiger partial charge is 0.471 e. The highest BCUT2D eigenvalue weighted by atomic mass is 32.2. The molecule has 1 atom stereocenters. The number of nitrogens with one attached hydrogen (secondary N) is 1. The van der Waals surface area contributed by atoms with Crippen molar-refractivity contribution in [3.05, 3.63) is 0 Å². The van der Waals surface area contributed by atoms with Crippen LogP contribution in [0.3, 0.4) is 0 Å². The molecule has 0 aromatic rings. The zero-order valence-corrected chi connectivity index (χ0v) is 9.43. The van der Waals surface area contributed by atoms with E-state index < -0.39 is 46.1 Å². The monoisotopic (exact) mass is 277 g/mol.